The van der Waals surface area contributed by atoms with E-state index in [1.807, 2.05) is 18.5 Å². The molecule has 2 rings (SSSR count). The zero-order valence-electron chi connectivity index (χ0n) is 10.2. The Bertz CT molecular complexity index is 425. The summed E-state index contributed by atoms with van der Waals surface area (Å²) >= 11 is 0. The Labute approximate surface area is 103 Å². The van der Waals surface area contributed by atoms with Crippen LogP contribution in [0.2, 0.25) is 0 Å². The SMILES string of the molecule is C[C@H](C[NH2+]Cc1cccnc1)c1ccccc1. The lowest BCUT2D eigenvalue weighted by atomic mass is 10.0. The summed E-state index contributed by atoms with van der Waals surface area (Å²) in [6, 6.07) is 14.8. The monoisotopic (exact) mass is 227 g/mol. The third-order valence-electron chi connectivity index (χ3n) is 2.99. The van der Waals surface area contributed by atoms with Gasteiger partial charge in [-0.2, -0.15) is 0 Å². The van der Waals surface area contributed by atoms with Crippen molar-refractivity contribution in [2.24, 2.45) is 0 Å². The Balaban J connectivity index is 1.79. The maximum Gasteiger partial charge on any atom is 0.103 e. The second-order valence-corrected chi connectivity index (χ2v) is 4.40. The molecule has 1 heterocycles. The Morgan fingerprint density at radius 1 is 1.12 bits per heavy atom. The van der Waals surface area contributed by atoms with E-state index in [-0.39, 0.29) is 0 Å². The number of nitrogens with zero attached hydrogens (tertiary/aromatic N) is 1. The van der Waals surface area contributed by atoms with Crippen molar-refractivity contribution < 1.29 is 5.32 Å². The summed E-state index contributed by atoms with van der Waals surface area (Å²) in [5.74, 6) is 0.591. The summed E-state index contributed by atoms with van der Waals surface area (Å²) in [5.41, 5.74) is 2.70. The number of hydrogen-bond donors (Lipinski definition) is 1. The van der Waals surface area contributed by atoms with E-state index in [4.69, 9.17) is 0 Å². The van der Waals surface area contributed by atoms with E-state index < -0.39 is 0 Å². The average molecular weight is 227 g/mol. The van der Waals surface area contributed by atoms with Crippen LogP contribution in [0.5, 0.6) is 0 Å². The van der Waals surface area contributed by atoms with Gasteiger partial charge in [0, 0.05) is 23.9 Å². The first kappa shape index (κ1) is 11.8. The van der Waals surface area contributed by atoms with Crippen LogP contribution in [0.25, 0.3) is 0 Å². The Kier molecular flexibility index (Phi) is 4.28. The van der Waals surface area contributed by atoms with E-state index in [0.29, 0.717) is 5.92 Å². The van der Waals surface area contributed by atoms with Gasteiger partial charge < -0.3 is 5.32 Å². The van der Waals surface area contributed by atoms with Crippen LogP contribution in [-0.2, 0) is 6.54 Å². The fourth-order valence-electron chi connectivity index (χ4n) is 1.94. The van der Waals surface area contributed by atoms with Gasteiger partial charge in [-0.1, -0.05) is 43.3 Å². The van der Waals surface area contributed by atoms with Crippen molar-refractivity contribution in [2.45, 2.75) is 19.4 Å². The maximum atomic E-state index is 4.12. The molecule has 0 saturated carbocycles. The Hall–Kier alpha value is -1.67. The van der Waals surface area contributed by atoms with Gasteiger partial charge in [0.1, 0.15) is 6.54 Å². The molecular formula is C15H19N2+. The molecule has 1 atom stereocenters. The van der Waals surface area contributed by atoms with Crippen molar-refractivity contribution in [3.8, 4) is 0 Å². The quantitative estimate of drug-likeness (QED) is 0.831. The first-order valence-corrected chi connectivity index (χ1v) is 6.12. The maximum absolute atomic E-state index is 4.12. The molecule has 0 amide bonds. The molecule has 0 saturated heterocycles. The molecule has 0 radical (unpaired) electrons. The molecule has 0 unspecified atom stereocenters. The minimum atomic E-state index is 0.591. The molecule has 0 aliphatic rings. The highest BCUT2D eigenvalue weighted by Crippen LogP contribution is 2.11. The van der Waals surface area contributed by atoms with Gasteiger partial charge in [0.2, 0.25) is 0 Å². The predicted molar refractivity (Wildman–Crippen MR) is 69.6 cm³/mol. The first-order valence-electron chi connectivity index (χ1n) is 6.12. The van der Waals surface area contributed by atoms with Gasteiger partial charge in [-0.25, -0.2) is 0 Å². The minimum absolute atomic E-state index is 0.591. The van der Waals surface area contributed by atoms with Crippen LogP contribution in [0, 0.1) is 0 Å². The molecule has 0 fully saturated rings. The fraction of sp³-hybridized carbons (Fsp3) is 0.267. The molecule has 0 aliphatic heterocycles. The van der Waals surface area contributed by atoms with E-state index in [0.717, 1.165) is 13.1 Å². The van der Waals surface area contributed by atoms with Crippen molar-refractivity contribution in [2.75, 3.05) is 6.54 Å². The number of pyridine rings is 1. The summed E-state index contributed by atoms with van der Waals surface area (Å²) < 4.78 is 0. The molecule has 2 N–H and O–H groups in total. The summed E-state index contributed by atoms with van der Waals surface area (Å²) in [7, 11) is 0. The van der Waals surface area contributed by atoms with Crippen molar-refractivity contribution >= 4 is 0 Å². The minimum Gasteiger partial charge on any atom is -0.342 e. The molecule has 2 nitrogen and oxygen atoms in total. The average Bonchev–Trinajstić information content (AvgIpc) is 2.41. The molecular weight excluding hydrogens is 208 g/mol. The normalized spacial score (nSPS) is 12.3. The number of hydrogen-bond acceptors (Lipinski definition) is 1. The van der Waals surface area contributed by atoms with Crippen LogP contribution in [-0.4, -0.2) is 11.5 Å². The van der Waals surface area contributed by atoms with Gasteiger partial charge in [-0.3, -0.25) is 4.98 Å². The molecule has 88 valence electrons. The smallest absolute Gasteiger partial charge is 0.103 e. The summed E-state index contributed by atoms with van der Waals surface area (Å²) in [6.45, 7) is 4.39. The van der Waals surface area contributed by atoms with Gasteiger partial charge in [0.15, 0.2) is 0 Å². The zero-order chi connectivity index (χ0) is 11.9. The highest BCUT2D eigenvalue weighted by Gasteiger charge is 2.06. The largest absolute Gasteiger partial charge is 0.342 e. The van der Waals surface area contributed by atoms with Gasteiger partial charge in [-0.05, 0) is 11.6 Å². The van der Waals surface area contributed by atoms with Gasteiger partial charge in [0.25, 0.3) is 0 Å². The molecule has 1 aromatic carbocycles. The molecule has 0 spiro atoms. The van der Waals surface area contributed by atoms with E-state index in [1.165, 1.54) is 11.1 Å². The predicted octanol–water partition coefficient (Wildman–Crippen LogP) is 1.95. The lowest BCUT2D eigenvalue weighted by Gasteiger charge is -2.10. The van der Waals surface area contributed by atoms with Crippen molar-refractivity contribution in [3.05, 3.63) is 66.0 Å². The number of quaternary nitrogens is 1. The number of nitrogens with two attached hydrogens (primary N) is 1. The second-order valence-electron chi connectivity index (χ2n) is 4.40. The van der Waals surface area contributed by atoms with Crippen LogP contribution in [0.4, 0.5) is 0 Å². The molecule has 0 bridgehead atoms. The molecule has 1 aromatic heterocycles. The summed E-state index contributed by atoms with van der Waals surface area (Å²) in [4.78, 5) is 4.12. The Morgan fingerprint density at radius 2 is 1.94 bits per heavy atom. The highest BCUT2D eigenvalue weighted by atomic mass is 14.9. The van der Waals surface area contributed by atoms with Gasteiger partial charge in [0.05, 0.1) is 6.54 Å². The molecule has 17 heavy (non-hydrogen) atoms. The fourth-order valence-corrected chi connectivity index (χ4v) is 1.94. The van der Waals surface area contributed by atoms with E-state index in [9.17, 15) is 0 Å². The van der Waals surface area contributed by atoms with Crippen LogP contribution < -0.4 is 5.32 Å². The lowest BCUT2D eigenvalue weighted by Crippen LogP contribution is -2.83. The van der Waals surface area contributed by atoms with Gasteiger partial charge in [-0.15, -0.1) is 0 Å². The van der Waals surface area contributed by atoms with Crippen LogP contribution in [0.15, 0.2) is 54.9 Å². The third-order valence-corrected chi connectivity index (χ3v) is 2.99. The third kappa shape index (κ3) is 3.68. The number of benzene rings is 1. The number of rotatable bonds is 5. The topological polar surface area (TPSA) is 29.5 Å². The highest BCUT2D eigenvalue weighted by molar-refractivity contribution is 5.18. The van der Waals surface area contributed by atoms with Crippen LogP contribution in [0.3, 0.4) is 0 Å². The first-order chi connectivity index (χ1) is 8.36. The lowest BCUT2D eigenvalue weighted by molar-refractivity contribution is -0.672. The van der Waals surface area contributed by atoms with E-state index in [1.54, 1.807) is 0 Å². The molecule has 2 aromatic rings. The van der Waals surface area contributed by atoms with E-state index >= 15 is 0 Å². The standard InChI is InChI=1S/C15H18N2/c1-13(15-7-3-2-4-8-15)10-17-12-14-6-5-9-16-11-14/h2-9,11,13,17H,10,12H2,1H3/p+1/t13-/m1/s1. The van der Waals surface area contributed by atoms with E-state index in [2.05, 4.69) is 53.6 Å². The van der Waals surface area contributed by atoms with Gasteiger partial charge >= 0.3 is 0 Å². The van der Waals surface area contributed by atoms with Crippen molar-refractivity contribution in [1.29, 1.82) is 0 Å². The van der Waals surface area contributed by atoms with Crippen molar-refractivity contribution in [1.82, 2.24) is 4.98 Å². The van der Waals surface area contributed by atoms with Crippen LogP contribution in [0.1, 0.15) is 24.0 Å². The second kappa shape index (κ2) is 6.16. The summed E-state index contributed by atoms with van der Waals surface area (Å²) in [6.07, 6.45) is 3.75. The number of aromatic nitrogens is 1. The van der Waals surface area contributed by atoms with Crippen LogP contribution >= 0.6 is 0 Å². The summed E-state index contributed by atoms with van der Waals surface area (Å²) in [5, 5.41) is 2.34. The zero-order valence-corrected chi connectivity index (χ0v) is 10.2. The Morgan fingerprint density at radius 3 is 2.65 bits per heavy atom. The molecule has 0 aliphatic carbocycles. The van der Waals surface area contributed by atoms with Crippen molar-refractivity contribution in [3.63, 3.8) is 0 Å². The molecule has 2 heteroatoms.